The molecule has 0 amide bonds. The SMILES string of the molecule is CC/C=C\C/C=C\C/C=C\C/C=C\C/C=C\C/C=C\CCCCCCCCCCCCCCCCCCC(=O)OC(COC(=O)CCCCCCCCCCCCCCCCCCCCCCCCCCCCC/C=C\C/C=C\CCCCCCC)COC(OCC[N+](C)(C)C)C(=O)[O-]. The van der Waals surface area contributed by atoms with Crippen LogP contribution in [0.2, 0.25) is 0 Å². The van der Waals surface area contributed by atoms with E-state index < -0.39 is 24.3 Å². The van der Waals surface area contributed by atoms with Crippen molar-refractivity contribution < 1.29 is 42.9 Å². The van der Waals surface area contributed by atoms with Crippen LogP contribution in [-0.2, 0) is 33.3 Å². The lowest BCUT2D eigenvalue weighted by molar-refractivity contribution is -0.870. The summed E-state index contributed by atoms with van der Waals surface area (Å²) in [5.41, 5.74) is 0. The van der Waals surface area contributed by atoms with Gasteiger partial charge in [0.05, 0.1) is 40.3 Å². The molecule has 2 atom stereocenters. The van der Waals surface area contributed by atoms with E-state index in [9.17, 15) is 19.5 Å². The molecule has 574 valence electrons. The summed E-state index contributed by atoms with van der Waals surface area (Å²) in [5, 5.41) is 11.9. The monoisotopic (exact) mass is 1380 g/mol. The number of aliphatic carboxylic acids is 1. The van der Waals surface area contributed by atoms with Crippen molar-refractivity contribution >= 4 is 17.9 Å². The minimum absolute atomic E-state index is 0.147. The molecule has 9 heteroatoms. The number of nitrogens with zero attached hydrogens (tertiary/aromatic N) is 1. The van der Waals surface area contributed by atoms with Gasteiger partial charge in [0, 0.05) is 12.8 Å². The summed E-state index contributed by atoms with van der Waals surface area (Å²) >= 11 is 0. The minimum Gasteiger partial charge on any atom is -0.545 e. The lowest BCUT2D eigenvalue weighted by atomic mass is 10.0. The molecule has 9 nitrogen and oxygen atoms in total. The first-order valence-electron chi connectivity index (χ1n) is 42.4. The predicted molar refractivity (Wildman–Crippen MR) is 426 cm³/mol. The highest BCUT2D eigenvalue weighted by atomic mass is 16.7. The summed E-state index contributed by atoms with van der Waals surface area (Å²) in [5.74, 6) is -2.26. The molecule has 0 aliphatic carbocycles. The molecule has 0 heterocycles. The van der Waals surface area contributed by atoms with Gasteiger partial charge >= 0.3 is 11.9 Å². The molecule has 0 aromatic rings. The highest BCUT2D eigenvalue weighted by molar-refractivity contribution is 5.70. The smallest absolute Gasteiger partial charge is 0.306 e. The van der Waals surface area contributed by atoms with Crippen LogP contribution in [0.1, 0.15) is 399 Å². The highest BCUT2D eigenvalue weighted by Gasteiger charge is 2.22. The van der Waals surface area contributed by atoms with E-state index in [0.29, 0.717) is 23.9 Å². The fourth-order valence-corrected chi connectivity index (χ4v) is 12.4. The van der Waals surface area contributed by atoms with E-state index in [1.54, 1.807) is 0 Å². The van der Waals surface area contributed by atoms with Crippen molar-refractivity contribution in [1.82, 2.24) is 0 Å². The van der Waals surface area contributed by atoms with Gasteiger partial charge in [0.25, 0.3) is 0 Å². The molecule has 0 aliphatic heterocycles. The number of hydrogen-bond acceptors (Lipinski definition) is 8. The Kier molecular flexibility index (Phi) is 76.8. The number of allylic oxidation sites excluding steroid dienone is 16. The standard InChI is InChI=1S/C90H161NO8/c1-6-8-10-12-14-16-18-20-22-24-26-28-30-32-34-36-38-40-42-43-44-45-47-48-50-52-54-56-58-60-62-64-66-68-70-72-74-76-78-80-87(92)97-84-86(85-98-90(89(94)95)96-83-82-91(3,4)5)99-88(93)81-79-77-75-73-71-69-67-65-63-61-59-57-55-53-51-49-46-41-39-37-35-33-31-29-27-25-23-21-19-17-15-13-11-9-7-2/h9,11,15,17-18,20-21,23-24,26-27,29,33,35,39,41,86,90H,6-8,10,12-14,16,19,22,25,28,30-32,34,36-38,40,42-85H2,1-5H3/b11-9-,17-15-,20-18-,23-21-,26-24-,29-27-,35-33-,41-39-. The number of hydrogen-bond donors (Lipinski definition) is 0. The number of carboxylic acid groups (broad SMARTS) is 1. The number of likely N-dealkylation sites (N-methyl/N-ethyl adjacent to an activating group) is 1. The molecule has 0 spiro atoms. The van der Waals surface area contributed by atoms with Crippen LogP contribution in [0.5, 0.6) is 0 Å². The summed E-state index contributed by atoms with van der Waals surface area (Å²) < 4.78 is 22.9. The first-order chi connectivity index (χ1) is 48.6. The number of ether oxygens (including phenoxy) is 4. The quantitative estimate of drug-likeness (QED) is 0.0195. The average Bonchev–Trinajstić information content (AvgIpc) is 1.16. The maximum absolute atomic E-state index is 13.0. The number of rotatable bonds is 79. The summed E-state index contributed by atoms with van der Waals surface area (Å²) in [6.45, 7) is 4.68. The third-order valence-corrected chi connectivity index (χ3v) is 18.8. The maximum atomic E-state index is 13.0. The van der Waals surface area contributed by atoms with Crippen molar-refractivity contribution in [1.29, 1.82) is 0 Å². The molecule has 0 bridgehead atoms. The topological polar surface area (TPSA) is 111 Å². The van der Waals surface area contributed by atoms with Gasteiger partial charge in [-0.25, -0.2) is 0 Å². The van der Waals surface area contributed by atoms with Gasteiger partial charge in [-0.3, -0.25) is 9.59 Å². The number of carboxylic acids is 1. The van der Waals surface area contributed by atoms with Gasteiger partial charge in [0.15, 0.2) is 12.4 Å². The van der Waals surface area contributed by atoms with Crippen molar-refractivity contribution in [3.63, 3.8) is 0 Å². The highest BCUT2D eigenvalue weighted by Crippen LogP contribution is 2.20. The molecule has 0 saturated heterocycles. The molecule has 0 aliphatic rings. The van der Waals surface area contributed by atoms with Crippen molar-refractivity contribution in [3.05, 3.63) is 97.2 Å². The van der Waals surface area contributed by atoms with Crippen LogP contribution in [0.4, 0.5) is 0 Å². The molecular weight excluding hydrogens is 1220 g/mol. The van der Waals surface area contributed by atoms with Crippen LogP contribution in [-0.4, -0.2) is 82.3 Å². The van der Waals surface area contributed by atoms with E-state index in [4.69, 9.17) is 18.9 Å². The Bertz CT molecular complexity index is 1960. The van der Waals surface area contributed by atoms with E-state index in [1.165, 1.54) is 289 Å². The van der Waals surface area contributed by atoms with Crippen molar-refractivity contribution in [3.8, 4) is 0 Å². The van der Waals surface area contributed by atoms with Gasteiger partial charge in [-0.15, -0.1) is 0 Å². The van der Waals surface area contributed by atoms with Crippen LogP contribution >= 0.6 is 0 Å². The van der Waals surface area contributed by atoms with E-state index in [-0.39, 0.29) is 32.2 Å². The predicted octanol–water partition coefficient (Wildman–Crippen LogP) is 26.2. The third-order valence-electron chi connectivity index (χ3n) is 18.8. The van der Waals surface area contributed by atoms with Crippen LogP contribution in [0.15, 0.2) is 97.2 Å². The molecule has 2 unspecified atom stereocenters. The molecular formula is C90H161NO8. The van der Waals surface area contributed by atoms with Crippen molar-refractivity contribution in [2.24, 2.45) is 0 Å². The summed E-state index contributed by atoms with van der Waals surface area (Å²) in [7, 11) is 5.95. The zero-order chi connectivity index (χ0) is 71.8. The summed E-state index contributed by atoms with van der Waals surface area (Å²) in [6, 6.07) is 0. The number of carbonyl (C=O) groups excluding carboxylic acids is 3. The Morgan fingerprint density at radius 2 is 0.576 bits per heavy atom. The Morgan fingerprint density at radius 3 is 0.859 bits per heavy atom. The van der Waals surface area contributed by atoms with Gasteiger partial charge < -0.3 is 33.3 Å². The van der Waals surface area contributed by atoms with Gasteiger partial charge in [0.2, 0.25) is 0 Å². The molecule has 0 saturated carbocycles. The van der Waals surface area contributed by atoms with Gasteiger partial charge in [-0.2, -0.15) is 0 Å². The van der Waals surface area contributed by atoms with Gasteiger partial charge in [-0.1, -0.05) is 387 Å². The Hall–Kier alpha value is -3.79. The lowest BCUT2D eigenvalue weighted by Crippen LogP contribution is -2.44. The Morgan fingerprint density at radius 1 is 0.313 bits per heavy atom. The second-order valence-corrected chi connectivity index (χ2v) is 29.7. The molecule has 99 heavy (non-hydrogen) atoms. The van der Waals surface area contributed by atoms with Crippen molar-refractivity contribution in [2.45, 2.75) is 411 Å². The fourth-order valence-electron chi connectivity index (χ4n) is 12.4. The van der Waals surface area contributed by atoms with Crippen molar-refractivity contribution in [2.75, 3.05) is 47.5 Å². The third kappa shape index (κ3) is 81.4. The second kappa shape index (κ2) is 79.9. The Balaban J connectivity index is 3.96. The molecule has 0 radical (unpaired) electrons. The van der Waals surface area contributed by atoms with Crippen LogP contribution in [0, 0.1) is 0 Å². The maximum Gasteiger partial charge on any atom is 0.306 e. The van der Waals surface area contributed by atoms with Crippen LogP contribution in [0.25, 0.3) is 0 Å². The zero-order valence-electron chi connectivity index (χ0n) is 65.9. The van der Waals surface area contributed by atoms with Gasteiger partial charge in [0.1, 0.15) is 13.2 Å². The zero-order valence-corrected chi connectivity index (χ0v) is 65.9. The van der Waals surface area contributed by atoms with Crippen LogP contribution in [0.3, 0.4) is 0 Å². The lowest BCUT2D eigenvalue weighted by Gasteiger charge is -2.26. The molecule has 0 N–H and O–H groups in total. The second-order valence-electron chi connectivity index (χ2n) is 29.7. The summed E-state index contributed by atoms with van der Waals surface area (Å²) in [4.78, 5) is 37.7. The first-order valence-corrected chi connectivity index (χ1v) is 42.4. The number of unbranched alkanes of at least 4 members (excludes halogenated alkanes) is 48. The molecule has 0 fully saturated rings. The molecule has 0 aromatic carbocycles. The molecule has 0 aromatic heterocycles. The van der Waals surface area contributed by atoms with E-state index >= 15 is 0 Å². The van der Waals surface area contributed by atoms with E-state index in [1.807, 2.05) is 21.1 Å². The number of quaternary nitrogens is 1. The average molecular weight is 1390 g/mol. The number of esters is 2. The normalized spacial score (nSPS) is 13.1. The summed E-state index contributed by atoms with van der Waals surface area (Å²) in [6.07, 6.45) is 108. The molecule has 0 rings (SSSR count). The first kappa shape index (κ1) is 95.2. The largest absolute Gasteiger partial charge is 0.545 e. The van der Waals surface area contributed by atoms with E-state index in [0.717, 1.165) is 77.0 Å². The number of carbonyl (C=O) groups is 3. The van der Waals surface area contributed by atoms with Crippen LogP contribution < -0.4 is 5.11 Å². The minimum atomic E-state index is -1.62. The fraction of sp³-hybridized carbons (Fsp3) is 0.789. The van der Waals surface area contributed by atoms with Gasteiger partial charge in [-0.05, 0) is 96.3 Å². The van der Waals surface area contributed by atoms with E-state index in [2.05, 4.69) is 111 Å². The Labute approximate surface area is 613 Å².